The Hall–Kier alpha value is -1.94. The third-order valence-corrected chi connectivity index (χ3v) is 5.17. The number of rotatable bonds is 8. The highest BCUT2D eigenvalue weighted by Crippen LogP contribution is 2.22. The van der Waals surface area contributed by atoms with E-state index in [0.29, 0.717) is 0 Å². The molecule has 0 aliphatic rings. The number of thioether (sulfide) groups is 1. The van der Waals surface area contributed by atoms with Crippen molar-refractivity contribution in [3.05, 3.63) is 65.7 Å². The topological polar surface area (TPSA) is 38.3 Å². The number of hydrogen-bond acceptors (Lipinski definition) is 3. The number of hydrogen-bond donors (Lipinski definition) is 1. The van der Waals surface area contributed by atoms with Gasteiger partial charge in [-0.05, 0) is 36.6 Å². The first kappa shape index (κ1) is 18.4. The molecule has 0 unspecified atom stereocenters. The van der Waals surface area contributed by atoms with Crippen molar-refractivity contribution in [2.75, 3.05) is 7.11 Å². The van der Waals surface area contributed by atoms with E-state index in [9.17, 15) is 4.79 Å². The van der Waals surface area contributed by atoms with E-state index in [1.807, 2.05) is 49.4 Å². The second kappa shape index (κ2) is 9.38. The van der Waals surface area contributed by atoms with E-state index in [1.165, 1.54) is 5.56 Å². The molecular weight excluding hydrogens is 318 g/mol. The van der Waals surface area contributed by atoms with E-state index in [1.54, 1.807) is 18.9 Å². The molecule has 1 amide bonds. The first-order valence-corrected chi connectivity index (χ1v) is 9.28. The standard InChI is InChI=1S/C20H25NO2S/c1-4-19(17-10-12-18(23-3)13-11-17)21-20(22)15(2)24-14-16-8-6-5-7-9-16/h5-13,15,19H,4,14H2,1-3H3,(H,21,22)/t15-,19+/m1/s1. The average Bonchev–Trinajstić information content (AvgIpc) is 2.64. The quantitative estimate of drug-likeness (QED) is 0.762. The van der Waals surface area contributed by atoms with Crippen molar-refractivity contribution in [1.82, 2.24) is 5.32 Å². The van der Waals surface area contributed by atoms with Crippen molar-refractivity contribution in [3.8, 4) is 5.75 Å². The van der Waals surface area contributed by atoms with Crippen LogP contribution in [0, 0.1) is 0 Å². The molecule has 0 heterocycles. The molecule has 2 aromatic carbocycles. The molecule has 128 valence electrons. The van der Waals surface area contributed by atoms with Crippen LogP contribution in [0.5, 0.6) is 5.75 Å². The summed E-state index contributed by atoms with van der Waals surface area (Å²) in [6.07, 6.45) is 0.855. The number of ether oxygens (including phenoxy) is 1. The molecule has 0 bridgehead atoms. The average molecular weight is 343 g/mol. The van der Waals surface area contributed by atoms with Gasteiger partial charge in [-0.3, -0.25) is 4.79 Å². The normalized spacial score (nSPS) is 13.1. The van der Waals surface area contributed by atoms with E-state index in [-0.39, 0.29) is 17.2 Å². The molecule has 2 rings (SSSR count). The van der Waals surface area contributed by atoms with Gasteiger partial charge >= 0.3 is 0 Å². The Balaban J connectivity index is 1.90. The summed E-state index contributed by atoms with van der Waals surface area (Å²) < 4.78 is 5.19. The van der Waals surface area contributed by atoms with Crippen molar-refractivity contribution in [3.63, 3.8) is 0 Å². The number of carbonyl (C=O) groups excluding carboxylic acids is 1. The van der Waals surface area contributed by atoms with Crippen molar-refractivity contribution < 1.29 is 9.53 Å². The number of methoxy groups -OCH3 is 1. The monoisotopic (exact) mass is 343 g/mol. The van der Waals surface area contributed by atoms with Crippen LogP contribution in [0.15, 0.2) is 54.6 Å². The maximum Gasteiger partial charge on any atom is 0.233 e. The third-order valence-electron chi connectivity index (χ3n) is 3.95. The lowest BCUT2D eigenvalue weighted by molar-refractivity contribution is -0.121. The fourth-order valence-electron chi connectivity index (χ4n) is 2.42. The Morgan fingerprint density at radius 1 is 1.12 bits per heavy atom. The molecule has 3 nitrogen and oxygen atoms in total. The largest absolute Gasteiger partial charge is 0.497 e. The molecule has 24 heavy (non-hydrogen) atoms. The lowest BCUT2D eigenvalue weighted by Crippen LogP contribution is -2.34. The van der Waals surface area contributed by atoms with Gasteiger partial charge in [0.15, 0.2) is 0 Å². The molecule has 2 atom stereocenters. The van der Waals surface area contributed by atoms with Gasteiger partial charge in [-0.15, -0.1) is 11.8 Å². The van der Waals surface area contributed by atoms with Gasteiger partial charge in [-0.25, -0.2) is 0 Å². The molecule has 2 aromatic rings. The highest BCUT2D eigenvalue weighted by Gasteiger charge is 2.18. The predicted molar refractivity (Wildman–Crippen MR) is 101 cm³/mol. The van der Waals surface area contributed by atoms with E-state index in [2.05, 4.69) is 24.4 Å². The maximum absolute atomic E-state index is 12.5. The summed E-state index contributed by atoms with van der Waals surface area (Å²) in [7, 11) is 1.65. The van der Waals surface area contributed by atoms with Gasteiger partial charge in [0.1, 0.15) is 5.75 Å². The van der Waals surface area contributed by atoms with Crippen molar-refractivity contribution >= 4 is 17.7 Å². The predicted octanol–water partition coefficient (Wildman–Crippen LogP) is 4.58. The molecular formula is C20H25NO2S. The minimum Gasteiger partial charge on any atom is -0.497 e. The second-order valence-electron chi connectivity index (χ2n) is 5.68. The Labute approximate surface area is 148 Å². The highest BCUT2D eigenvalue weighted by atomic mass is 32.2. The summed E-state index contributed by atoms with van der Waals surface area (Å²) in [5, 5.41) is 3.07. The fourth-order valence-corrected chi connectivity index (χ4v) is 3.27. The summed E-state index contributed by atoms with van der Waals surface area (Å²) in [5.41, 5.74) is 2.34. The number of benzene rings is 2. The van der Waals surface area contributed by atoms with Crippen molar-refractivity contribution in [1.29, 1.82) is 0 Å². The van der Waals surface area contributed by atoms with Crippen LogP contribution in [0.1, 0.15) is 37.4 Å². The van der Waals surface area contributed by atoms with E-state index in [0.717, 1.165) is 23.5 Å². The molecule has 0 fully saturated rings. The van der Waals surface area contributed by atoms with Crippen LogP contribution in [0.25, 0.3) is 0 Å². The zero-order valence-corrected chi connectivity index (χ0v) is 15.3. The van der Waals surface area contributed by atoms with Gasteiger partial charge in [-0.2, -0.15) is 0 Å². The summed E-state index contributed by atoms with van der Waals surface area (Å²) in [6.45, 7) is 4.04. The molecule has 1 N–H and O–H groups in total. The SMILES string of the molecule is CC[C@H](NC(=O)[C@@H](C)SCc1ccccc1)c1ccc(OC)cc1. The maximum atomic E-state index is 12.5. The first-order chi connectivity index (χ1) is 11.6. The smallest absolute Gasteiger partial charge is 0.233 e. The molecule has 0 radical (unpaired) electrons. The van der Waals surface area contributed by atoms with Crippen LogP contribution in [-0.2, 0) is 10.5 Å². The molecule has 0 aliphatic heterocycles. The zero-order chi connectivity index (χ0) is 17.4. The number of carbonyl (C=O) groups is 1. The fraction of sp³-hybridized carbons (Fsp3) is 0.350. The highest BCUT2D eigenvalue weighted by molar-refractivity contribution is 7.99. The van der Waals surface area contributed by atoms with Crippen molar-refractivity contribution in [2.45, 2.75) is 37.3 Å². The minimum atomic E-state index is -0.0856. The van der Waals surface area contributed by atoms with E-state index in [4.69, 9.17) is 4.74 Å². The van der Waals surface area contributed by atoms with Gasteiger partial charge in [0, 0.05) is 5.75 Å². The van der Waals surface area contributed by atoms with Crippen molar-refractivity contribution in [2.24, 2.45) is 0 Å². The van der Waals surface area contributed by atoms with Crippen LogP contribution in [-0.4, -0.2) is 18.3 Å². The van der Waals surface area contributed by atoms with Gasteiger partial charge in [0.2, 0.25) is 5.91 Å². The van der Waals surface area contributed by atoms with Gasteiger partial charge in [-0.1, -0.05) is 49.4 Å². The van der Waals surface area contributed by atoms with Gasteiger partial charge in [0.25, 0.3) is 0 Å². The number of amides is 1. The summed E-state index contributed by atoms with van der Waals surface area (Å²) in [5.74, 6) is 1.75. The van der Waals surface area contributed by atoms with Crippen LogP contribution in [0.3, 0.4) is 0 Å². The van der Waals surface area contributed by atoms with E-state index >= 15 is 0 Å². The Bertz CT molecular complexity index is 628. The molecule has 0 saturated heterocycles. The summed E-state index contributed by atoms with van der Waals surface area (Å²) in [4.78, 5) is 12.5. The van der Waals surface area contributed by atoms with Crippen LogP contribution < -0.4 is 10.1 Å². The summed E-state index contributed by atoms with van der Waals surface area (Å²) >= 11 is 1.66. The van der Waals surface area contributed by atoms with Crippen LogP contribution in [0.4, 0.5) is 0 Å². The Kier molecular flexibility index (Phi) is 7.19. The van der Waals surface area contributed by atoms with Crippen LogP contribution >= 0.6 is 11.8 Å². The molecule has 4 heteroatoms. The molecule has 0 saturated carbocycles. The third kappa shape index (κ3) is 5.31. The molecule has 0 spiro atoms. The van der Waals surface area contributed by atoms with Gasteiger partial charge < -0.3 is 10.1 Å². The Morgan fingerprint density at radius 2 is 1.79 bits per heavy atom. The van der Waals surface area contributed by atoms with Gasteiger partial charge in [0.05, 0.1) is 18.4 Å². The Morgan fingerprint density at radius 3 is 2.38 bits per heavy atom. The van der Waals surface area contributed by atoms with E-state index < -0.39 is 0 Å². The number of nitrogens with one attached hydrogen (secondary N) is 1. The second-order valence-corrected chi connectivity index (χ2v) is 7.01. The first-order valence-electron chi connectivity index (χ1n) is 8.24. The zero-order valence-electron chi connectivity index (χ0n) is 14.5. The summed E-state index contributed by atoms with van der Waals surface area (Å²) in [6, 6.07) is 18.1. The molecule has 0 aliphatic carbocycles. The molecule has 0 aromatic heterocycles. The van der Waals surface area contributed by atoms with Crippen LogP contribution in [0.2, 0.25) is 0 Å². The lowest BCUT2D eigenvalue weighted by Gasteiger charge is -2.20. The lowest BCUT2D eigenvalue weighted by atomic mass is 10.0. The minimum absolute atomic E-state index is 0.0307.